The zero-order chi connectivity index (χ0) is 17.3. The van der Waals surface area contributed by atoms with Gasteiger partial charge < -0.3 is 20.1 Å². The third kappa shape index (κ3) is 2.92. The number of cyclic esters (lactones) is 1. The summed E-state index contributed by atoms with van der Waals surface area (Å²) in [6.07, 6.45) is 0.386. The monoisotopic (exact) mass is 333 g/mol. The average Bonchev–Trinajstić information content (AvgIpc) is 3.11. The van der Waals surface area contributed by atoms with E-state index >= 15 is 0 Å². The molecule has 1 aromatic carbocycles. The normalized spacial score (nSPS) is 22.3. The van der Waals surface area contributed by atoms with Crippen LogP contribution in [0.15, 0.2) is 18.2 Å². The van der Waals surface area contributed by atoms with Gasteiger partial charge >= 0.3 is 6.09 Å². The zero-order valence-corrected chi connectivity index (χ0v) is 13.3. The molecule has 0 radical (unpaired) electrons. The first-order valence-electron chi connectivity index (χ1n) is 7.73. The molecule has 0 bridgehead atoms. The van der Waals surface area contributed by atoms with E-state index in [1.807, 2.05) is 6.07 Å². The van der Waals surface area contributed by atoms with E-state index in [2.05, 4.69) is 5.32 Å². The van der Waals surface area contributed by atoms with Gasteiger partial charge in [-0.3, -0.25) is 14.5 Å². The van der Waals surface area contributed by atoms with Crippen LogP contribution < -0.4 is 15.1 Å². The van der Waals surface area contributed by atoms with Crippen molar-refractivity contribution in [2.75, 3.05) is 29.5 Å². The Morgan fingerprint density at radius 3 is 2.96 bits per heavy atom. The predicted molar refractivity (Wildman–Crippen MR) is 85.9 cm³/mol. The Balaban J connectivity index is 1.76. The van der Waals surface area contributed by atoms with Crippen molar-refractivity contribution >= 4 is 29.8 Å². The van der Waals surface area contributed by atoms with Crippen LogP contribution in [0.4, 0.5) is 16.2 Å². The van der Waals surface area contributed by atoms with Crippen LogP contribution in [0.25, 0.3) is 0 Å². The first kappa shape index (κ1) is 16.3. The lowest BCUT2D eigenvalue weighted by atomic mass is 10.1. The summed E-state index contributed by atoms with van der Waals surface area (Å²) in [7, 11) is 0. The summed E-state index contributed by atoms with van der Waals surface area (Å²) < 4.78 is 5.25. The number of aliphatic hydroxyl groups excluding tert-OH is 1. The van der Waals surface area contributed by atoms with Crippen LogP contribution >= 0.6 is 0 Å². The fourth-order valence-electron chi connectivity index (χ4n) is 3.10. The Bertz CT molecular complexity index is 678. The van der Waals surface area contributed by atoms with Gasteiger partial charge in [-0.15, -0.1) is 0 Å². The first-order chi connectivity index (χ1) is 11.5. The highest BCUT2D eigenvalue weighted by Gasteiger charge is 2.34. The minimum Gasteiger partial charge on any atom is -0.442 e. The topological polar surface area (TPSA) is 99.2 Å². The number of aliphatic hydroxyl groups is 1. The SMILES string of the molecule is CC(=O)NCC1CN(c2ccc3c(c2)CC(CO)N3C=O)C(=O)O1. The average molecular weight is 333 g/mol. The molecular weight excluding hydrogens is 314 g/mol. The van der Waals surface area contributed by atoms with Gasteiger partial charge in [-0.05, 0) is 30.2 Å². The molecule has 0 aromatic heterocycles. The van der Waals surface area contributed by atoms with Gasteiger partial charge in [0, 0.05) is 18.3 Å². The minimum absolute atomic E-state index is 0.118. The van der Waals surface area contributed by atoms with E-state index in [0.29, 0.717) is 25.1 Å². The minimum atomic E-state index is -0.464. The lowest BCUT2D eigenvalue weighted by Crippen LogP contribution is -2.33. The van der Waals surface area contributed by atoms with E-state index in [9.17, 15) is 19.5 Å². The molecule has 2 aliphatic heterocycles. The zero-order valence-electron chi connectivity index (χ0n) is 13.3. The number of amides is 3. The van der Waals surface area contributed by atoms with Crippen molar-refractivity contribution in [2.45, 2.75) is 25.5 Å². The molecule has 2 unspecified atom stereocenters. The number of anilines is 2. The predicted octanol–water partition coefficient (Wildman–Crippen LogP) is 0.0277. The van der Waals surface area contributed by atoms with Crippen molar-refractivity contribution in [3.8, 4) is 0 Å². The molecule has 1 saturated heterocycles. The van der Waals surface area contributed by atoms with Gasteiger partial charge in [0.05, 0.1) is 25.7 Å². The van der Waals surface area contributed by atoms with E-state index in [0.717, 1.165) is 11.3 Å². The number of hydrogen-bond acceptors (Lipinski definition) is 5. The lowest BCUT2D eigenvalue weighted by Gasteiger charge is -2.18. The number of ether oxygens (including phenoxy) is 1. The Hall–Kier alpha value is -2.61. The van der Waals surface area contributed by atoms with Crippen LogP contribution in [-0.4, -0.2) is 55.4 Å². The molecule has 128 valence electrons. The molecule has 1 aromatic rings. The van der Waals surface area contributed by atoms with Gasteiger partial charge in [0.1, 0.15) is 6.10 Å². The van der Waals surface area contributed by atoms with E-state index < -0.39 is 12.2 Å². The number of rotatable bonds is 5. The van der Waals surface area contributed by atoms with Crippen molar-refractivity contribution < 1.29 is 24.2 Å². The van der Waals surface area contributed by atoms with Crippen molar-refractivity contribution in [3.63, 3.8) is 0 Å². The molecule has 3 amide bonds. The molecule has 2 aliphatic rings. The van der Waals surface area contributed by atoms with Gasteiger partial charge in [0.25, 0.3) is 0 Å². The largest absolute Gasteiger partial charge is 0.442 e. The molecule has 2 heterocycles. The second-order valence-electron chi connectivity index (χ2n) is 5.92. The number of benzene rings is 1. The quantitative estimate of drug-likeness (QED) is 0.741. The summed E-state index contributed by atoms with van der Waals surface area (Å²) in [5, 5.41) is 12.0. The van der Waals surface area contributed by atoms with Crippen molar-refractivity contribution in [1.82, 2.24) is 5.32 Å². The van der Waals surface area contributed by atoms with Gasteiger partial charge in [-0.2, -0.15) is 0 Å². The molecular formula is C16H19N3O5. The van der Waals surface area contributed by atoms with Gasteiger partial charge in [-0.1, -0.05) is 0 Å². The number of hydrogen-bond donors (Lipinski definition) is 2. The van der Waals surface area contributed by atoms with Crippen molar-refractivity contribution in [2.24, 2.45) is 0 Å². The third-order valence-electron chi connectivity index (χ3n) is 4.28. The van der Waals surface area contributed by atoms with E-state index in [1.165, 1.54) is 16.7 Å². The summed E-state index contributed by atoms with van der Waals surface area (Å²) in [5.41, 5.74) is 2.32. The molecule has 0 aliphatic carbocycles. The summed E-state index contributed by atoms with van der Waals surface area (Å²) in [6, 6.07) is 5.08. The highest BCUT2D eigenvalue weighted by molar-refractivity contribution is 5.91. The molecule has 2 N–H and O–H groups in total. The second-order valence-corrected chi connectivity index (χ2v) is 5.92. The molecule has 8 heteroatoms. The van der Waals surface area contributed by atoms with E-state index in [1.54, 1.807) is 12.1 Å². The second kappa shape index (κ2) is 6.48. The van der Waals surface area contributed by atoms with E-state index in [-0.39, 0.29) is 25.1 Å². The fraction of sp³-hybridized carbons (Fsp3) is 0.438. The molecule has 0 saturated carbocycles. The lowest BCUT2D eigenvalue weighted by molar-refractivity contribution is -0.119. The molecule has 0 spiro atoms. The highest BCUT2D eigenvalue weighted by atomic mass is 16.6. The summed E-state index contributed by atoms with van der Waals surface area (Å²) in [6.45, 7) is 1.91. The molecule has 24 heavy (non-hydrogen) atoms. The smallest absolute Gasteiger partial charge is 0.414 e. The fourth-order valence-corrected chi connectivity index (χ4v) is 3.10. The number of nitrogens with one attached hydrogen (secondary N) is 1. The van der Waals surface area contributed by atoms with E-state index in [4.69, 9.17) is 4.74 Å². The standard InChI is InChI=1S/C16H19N3O5/c1-10(22)17-6-14-7-18(16(23)24-14)12-2-3-15-11(4-12)5-13(8-20)19(15)9-21/h2-4,9,13-14,20H,5-8H2,1H3,(H,17,22). The van der Waals surface area contributed by atoms with Crippen LogP contribution in [0.1, 0.15) is 12.5 Å². The summed E-state index contributed by atoms with van der Waals surface area (Å²) >= 11 is 0. The molecule has 1 fully saturated rings. The third-order valence-corrected chi connectivity index (χ3v) is 4.28. The number of fused-ring (bicyclic) bond motifs is 1. The number of carbonyl (C=O) groups excluding carboxylic acids is 3. The summed E-state index contributed by atoms with van der Waals surface area (Å²) in [5.74, 6) is -0.175. The Labute approximate surface area is 139 Å². The molecule has 2 atom stereocenters. The van der Waals surface area contributed by atoms with Crippen LogP contribution in [0.5, 0.6) is 0 Å². The highest BCUT2D eigenvalue weighted by Crippen LogP contribution is 2.35. The van der Waals surface area contributed by atoms with Crippen molar-refractivity contribution in [1.29, 1.82) is 0 Å². The maximum atomic E-state index is 12.1. The Morgan fingerprint density at radius 1 is 1.50 bits per heavy atom. The van der Waals surface area contributed by atoms with Crippen molar-refractivity contribution in [3.05, 3.63) is 23.8 Å². The van der Waals surface area contributed by atoms with Crippen LogP contribution in [-0.2, 0) is 20.7 Å². The van der Waals surface area contributed by atoms with Crippen LogP contribution in [0.3, 0.4) is 0 Å². The van der Waals surface area contributed by atoms with Gasteiger partial charge in [-0.25, -0.2) is 4.79 Å². The Morgan fingerprint density at radius 2 is 2.29 bits per heavy atom. The van der Waals surface area contributed by atoms with Gasteiger partial charge in [0.2, 0.25) is 12.3 Å². The Kier molecular flexibility index (Phi) is 4.39. The molecule has 8 nitrogen and oxygen atoms in total. The number of carbonyl (C=O) groups is 3. The van der Waals surface area contributed by atoms with Crippen LogP contribution in [0.2, 0.25) is 0 Å². The van der Waals surface area contributed by atoms with Crippen LogP contribution in [0, 0.1) is 0 Å². The van der Waals surface area contributed by atoms with Gasteiger partial charge in [0.15, 0.2) is 0 Å². The first-order valence-corrected chi connectivity index (χ1v) is 7.73. The number of nitrogens with zero attached hydrogens (tertiary/aromatic N) is 2. The summed E-state index contributed by atoms with van der Waals surface area (Å²) in [4.78, 5) is 37.2. The maximum absolute atomic E-state index is 12.1. The molecule has 3 rings (SSSR count). The maximum Gasteiger partial charge on any atom is 0.414 e.